The van der Waals surface area contributed by atoms with Crippen LogP contribution < -0.4 is 4.74 Å². The van der Waals surface area contributed by atoms with Crippen LogP contribution in [-0.4, -0.2) is 44.4 Å². The molecule has 0 atom stereocenters. The Morgan fingerprint density at radius 3 is 2.68 bits per heavy atom. The van der Waals surface area contributed by atoms with Gasteiger partial charge in [0.1, 0.15) is 6.61 Å². The third-order valence-electron chi connectivity index (χ3n) is 2.67. The molecule has 2 rings (SSSR count). The summed E-state index contributed by atoms with van der Waals surface area (Å²) in [7, 11) is 0. The van der Waals surface area contributed by atoms with Gasteiger partial charge in [-0.15, -0.1) is 12.4 Å². The Morgan fingerprint density at radius 2 is 1.95 bits per heavy atom. The van der Waals surface area contributed by atoms with Crippen molar-refractivity contribution in [3.63, 3.8) is 0 Å². The van der Waals surface area contributed by atoms with E-state index in [0.717, 1.165) is 26.3 Å². The highest BCUT2D eigenvalue weighted by molar-refractivity contribution is 5.85. The largest absolute Gasteiger partial charge is 0.478 e. The van der Waals surface area contributed by atoms with Crippen molar-refractivity contribution in [3.8, 4) is 17.6 Å². The van der Waals surface area contributed by atoms with Gasteiger partial charge in [0.2, 0.25) is 0 Å². The minimum absolute atomic E-state index is 0. The summed E-state index contributed by atoms with van der Waals surface area (Å²) in [6.45, 7) is 4.31. The van der Waals surface area contributed by atoms with Crippen molar-refractivity contribution in [2.75, 3.05) is 39.5 Å². The molecular formula is C14H17ClFNO2. The molecule has 5 heteroatoms. The molecule has 0 radical (unpaired) electrons. The molecule has 104 valence electrons. The first-order chi connectivity index (χ1) is 8.86. The number of hydrogen-bond donors (Lipinski definition) is 0. The van der Waals surface area contributed by atoms with E-state index in [4.69, 9.17) is 9.47 Å². The first kappa shape index (κ1) is 15.8. The Kier molecular flexibility index (Phi) is 7.27. The predicted octanol–water partition coefficient (Wildman–Crippen LogP) is 1.96. The van der Waals surface area contributed by atoms with Crippen LogP contribution in [0.1, 0.15) is 0 Å². The van der Waals surface area contributed by atoms with Gasteiger partial charge in [0.15, 0.2) is 11.6 Å². The topological polar surface area (TPSA) is 21.7 Å². The molecular weight excluding hydrogens is 269 g/mol. The van der Waals surface area contributed by atoms with Crippen molar-refractivity contribution in [1.82, 2.24) is 4.90 Å². The van der Waals surface area contributed by atoms with E-state index >= 15 is 0 Å². The summed E-state index contributed by atoms with van der Waals surface area (Å²) < 4.78 is 23.7. The van der Waals surface area contributed by atoms with Gasteiger partial charge in [0.05, 0.1) is 19.8 Å². The van der Waals surface area contributed by atoms with Crippen molar-refractivity contribution in [2.24, 2.45) is 0 Å². The molecule has 19 heavy (non-hydrogen) atoms. The maximum atomic E-state index is 13.2. The van der Waals surface area contributed by atoms with E-state index in [1.165, 1.54) is 6.07 Å². The highest BCUT2D eigenvalue weighted by atomic mass is 35.5. The van der Waals surface area contributed by atoms with Crippen LogP contribution in [0.4, 0.5) is 4.39 Å². The summed E-state index contributed by atoms with van der Waals surface area (Å²) in [5.74, 6) is 5.80. The Morgan fingerprint density at radius 1 is 1.21 bits per heavy atom. The fourth-order valence-corrected chi connectivity index (χ4v) is 1.65. The first-order valence-corrected chi connectivity index (χ1v) is 5.99. The van der Waals surface area contributed by atoms with Crippen LogP contribution in [0.2, 0.25) is 0 Å². The lowest BCUT2D eigenvalue weighted by atomic mass is 10.3. The van der Waals surface area contributed by atoms with Gasteiger partial charge < -0.3 is 9.47 Å². The van der Waals surface area contributed by atoms with Gasteiger partial charge in [-0.3, -0.25) is 4.90 Å². The summed E-state index contributed by atoms with van der Waals surface area (Å²) in [5, 5.41) is 0. The van der Waals surface area contributed by atoms with Crippen LogP contribution in [0.25, 0.3) is 0 Å². The van der Waals surface area contributed by atoms with Crippen LogP contribution in [0.5, 0.6) is 5.75 Å². The van der Waals surface area contributed by atoms with Gasteiger partial charge in [-0.2, -0.15) is 0 Å². The van der Waals surface area contributed by atoms with Gasteiger partial charge in [-0.1, -0.05) is 24.0 Å². The fraction of sp³-hybridized carbons (Fsp3) is 0.429. The molecule has 0 bridgehead atoms. The maximum Gasteiger partial charge on any atom is 0.165 e. The lowest BCUT2D eigenvalue weighted by Crippen LogP contribution is -2.36. The molecule has 0 N–H and O–H groups in total. The summed E-state index contributed by atoms with van der Waals surface area (Å²) in [5.41, 5.74) is 0. The number of para-hydroxylation sites is 1. The van der Waals surface area contributed by atoms with Crippen molar-refractivity contribution >= 4 is 12.4 Å². The van der Waals surface area contributed by atoms with Gasteiger partial charge in [0, 0.05) is 13.1 Å². The molecule has 1 aromatic carbocycles. The van der Waals surface area contributed by atoms with Crippen molar-refractivity contribution < 1.29 is 13.9 Å². The van der Waals surface area contributed by atoms with Crippen LogP contribution >= 0.6 is 12.4 Å². The zero-order valence-corrected chi connectivity index (χ0v) is 11.4. The van der Waals surface area contributed by atoms with Crippen molar-refractivity contribution in [1.29, 1.82) is 0 Å². The number of halogens is 2. The highest BCUT2D eigenvalue weighted by Crippen LogP contribution is 2.14. The van der Waals surface area contributed by atoms with E-state index in [2.05, 4.69) is 16.7 Å². The van der Waals surface area contributed by atoms with Crippen molar-refractivity contribution in [3.05, 3.63) is 30.1 Å². The SMILES string of the molecule is Cl.Fc1ccccc1OCC#CCN1CCOCC1. The molecule has 1 fully saturated rings. The zero-order valence-electron chi connectivity index (χ0n) is 10.6. The molecule has 1 aliphatic rings. The third kappa shape index (κ3) is 5.48. The minimum atomic E-state index is -0.354. The number of ether oxygens (including phenoxy) is 2. The lowest BCUT2D eigenvalue weighted by molar-refractivity contribution is 0.0443. The van der Waals surface area contributed by atoms with E-state index in [-0.39, 0.29) is 30.6 Å². The molecule has 1 aromatic rings. The summed E-state index contributed by atoms with van der Waals surface area (Å²) in [6, 6.07) is 6.33. The average molecular weight is 286 g/mol. The summed E-state index contributed by atoms with van der Waals surface area (Å²) >= 11 is 0. The quantitative estimate of drug-likeness (QED) is 0.793. The molecule has 0 saturated carbocycles. The van der Waals surface area contributed by atoms with E-state index in [0.29, 0.717) is 6.54 Å². The third-order valence-corrected chi connectivity index (χ3v) is 2.67. The summed E-state index contributed by atoms with van der Waals surface area (Å²) in [4.78, 5) is 2.22. The molecule has 0 spiro atoms. The van der Waals surface area contributed by atoms with Crippen LogP contribution in [0.3, 0.4) is 0 Å². The fourth-order valence-electron chi connectivity index (χ4n) is 1.65. The van der Waals surface area contributed by atoms with E-state index in [9.17, 15) is 4.39 Å². The molecule has 0 aliphatic carbocycles. The number of morpholine rings is 1. The number of nitrogens with zero attached hydrogens (tertiary/aromatic N) is 1. The molecule has 0 unspecified atom stereocenters. The first-order valence-electron chi connectivity index (χ1n) is 5.99. The molecule has 1 heterocycles. The van der Waals surface area contributed by atoms with Crippen LogP contribution in [0.15, 0.2) is 24.3 Å². The number of hydrogen-bond acceptors (Lipinski definition) is 3. The molecule has 0 aromatic heterocycles. The highest BCUT2D eigenvalue weighted by Gasteiger charge is 2.07. The standard InChI is InChI=1S/C14H16FNO2.ClH/c15-13-5-1-2-6-14(13)18-10-4-3-7-16-8-11-17-12-9-16;/h1-2,5-6H,7-12H2;1H. The zero-order chi connectivity index (χ0) is 12.6. The van der Waals surface area contributed by atoms with Crippen LogP contribution in [0, 0.1) is 17.7 Å². The molecule has 3 nitrogen and oxygen atoms in total. The van der Waals surface area contributed by atoms with Gasteiger partial charge in [-0.25, -0.2) is 4.39 Å². The monoisotopic (exact) mass is 285 g/mol. The average Bonchev–Trinajstić information content (AvgIpc) is 2.42. The van der Waals surface area contributed by atoms with E-state index in [1.807, 2.05) is 0 Å². The summed E-state index contributed by atoms with van der Waals surface area (Å²) in [6.07, 6.45) is 0. The normalized spacial score (nSPS) is 15.0. The van der Waals surface area contributed by atoms with E-state index < -0.39 is 0 Å². The second-order valence-electron chi connectivity index (χ2n) is 3.96. The maximum absolute atomic E-state index is 13.2. The smallest absolute Gasteiger partial charge is 0.165 e. The van der Waals surface area contributed by atoms with Gasteiger partial charge in [-0.05, 0) is 12.1 Å². The Labute approximate surface area is 119 Å². The Hall–Kier alpha value is -1.28. The van der Waals surface area contributed by atoms with Gasteiger partial charge in [0.25, 0.3) is 0 Å². The van der Waals surface area contributed by atoms with Crippen molar-refractivity contribution in [2.45, 2.75) is 0 Å². The molecule has 1 aliphatic heterocycles. The predicted molar refractivity (Wildman–Crippen MR) is 74.2 cm³/mol. The lowest BCUT2D eigenvalue weighted by Gasteiger charge is -2.24. The Balaban J connectivity index is 0.00000180. The van der Waals surface area contributed by atoms with Crippen LogP contribution in [-0.2, 0) is 4.74 Å². The Bertz CT molecular complexity index is 439. The molecule has 0 amide bonds. The number of rotatable bonds is 3. The second kappa shape index (κ2) is 8.76. The van der Waals surface area contributed by atoms with E-state index in [1.54, 1.807) is 18.2 Å². The minimum Gasteiger partial charge on any atom is -0.478 e. The second-order valence-corrected chi connectivity index (χ2v) is 3.96. The number of benzene rings is 1. The molecule has 1 saturated heterocycles. The van der Waals surface area contributed by atoms with Gasteiger partial charge >= 0.3 is 0 Å².